The highest BCUT2D eigenvalue weighted by molar-refractivity contribution is 7.90. The van der Waals surface area contributed by atoms with Gasteiger partial charge in [0.25, 0.3) is 0 Å². The lowest BCUT2D eigenvalue weighted by Crippen LogP contribution is -2.54. The Kier molecular flexibility index (Phi) is 8.16. The van der Waals surface area contributed by atoms with Gasteiger partial charge in [-0.3, -0.25) is 9.59 Å². The van der Waals surface area contributed by atoms with Crippen molar-refractivity contribution in [3.63, 3.8) is 0 Å². The van der Waals surface area contributed by atoms with E-state index in [1.165, 1.54) is 30.3 Å². The standard InChI is InChI=1S/C33H31F2N5O6S/c1-5-26(41)38-14-15-39(19(3)17-38)30-21-16-23(35)28(27-22(34)9-7-10-24(27)46-32(42)20-12-13-20)36-31(21)40(33(43)37-30)29-18(2)8-6-11-25(29)47(4,44)45/h5-11,16,19-20H,1,12-15,17H2,2-4H3/t19-/m0/s1. The number of hydrogen-bond donors (Lipinski definition) is 0. The summed E-state index contributed by atoms with van der Waals surface area (Å²) in [7, 11) is -3.91. The normalized spacial score (nSPS) is 16.7. The van der Waals surface area contributed by atoms with Crippen LogP contribution in [0.1, 0.15) is 25.3 Å². The predicted octanol–water partition coefficient (Wildman–Crippen LogP) is 3.98. The minimum absolute atomic E-state index is 0.0387. The van der Waals surface area contributed by atoms with Gasteiger partial charge in [0.1, 0.15) is 23.1 Å². The van der Waals surface area contributed by atoms with Crippen LogP contribution in [0.25, 0.3) is 28.0 Å². The number of pyridine rings is 1. The summed E-state index contributed by atoms with van der Waals surface area (Å²) in [5.41, 5.74) is -1.76. The second-order valence-corrected chi connectivity index (χ2v) is 13.8. The van der Waals surface area contributed by atoms with E-state index in [1.807, 2.05) is 6.92 Å². The molecule has 244 valence electrons. The third kappa shape index (κ3) is 5.88. The van der Waals surface area contributed by atoms with Crippen LogP contribution >= 0.6 is 0 Å². The molecule has 1 aliphatic carbocycles. The summed E-state index contributed by atoms with van der Waals surface area (Å²) in [6.07, 6.45) is 3.45. The molecule has 0 spiro atoms. The van der Waals surface area contributed by atoms with Crippen molar-refractivity contribution >= 4 is 38.6 Å². The molecule has 14 heteroatoms. The first-order valence-corrected chi connectivity index (χ1v) is 16.8. The molecule has 2 aromatic heterocycles. The van der Waals surface area contributed by atoms with Crippen LogP contribution in [0.3, 0.4) is 0 Å². The fourth-order valence-electron chi connectivity index (χ4n) is 5.85. The number of hydrogen-bond acceptors (Lipinski definition) is 9. The molecule has 1 saturated carbocycles. The summed E-state index contributed by atoms with van der Waals surface area (Å²) in [6, 6.07) is 8.83. The van der Waals surface area contributed by atoms with Crippen molar-refractivity contribution in [1.29, 1.82) is 0 Å². The average Bonchev–Trinajstić information content (AvgIpc) is 3.87. The summed E-state index contributed by atoms with van der Waals surface area (Å²) in [5.74, 6) is -3.30. The second kappa shape index (κ2) is 12.0. The lowest BCUT2D eigenvalue weighted by atomic mass is 10.1. The highest BCUT2D eigenvalue weighted by atomic mass is 32.2. The van der Waals surface area contributed by atoms with Crippen molar-refractivity contribution < 1.29 is 31.5 Å². The Morgan fingerprint density at radius 1 is 1.06 bits per heavy atom. The van der Waals surface area contributed by atoms with Gasteiger partial charge < -0.3 is 14.5 Å². The van der Waals surface area contributed by atoms with E-state index < -0.39 is 44.4 Å². The zero-order chi connectivity index (χ0) is 33.8. The summed E-state index contributed by atoms with van der Waals surface area (Å²) >= 11 is 0. The summed E-state index contributed by atoms with van der Waals surface area (Å²) in [6.45, 7) is 7.69. The molecule has 0 unspecified atom stereocenters. The molecule has 1 aliphatic heterocycles. The van der Waals surface area contributed by atoms with E-state index in [-0.39, 0.29) is 70.7 Å². The predicted molar refractivity (Wildman–Crippen MR) is 170 cm³/mol. The monoisotopic (exact) mass is 663 g/mol. The van der Waals surface area contributed by atoms with Crippen molar-refractivity contribution in [3.05, 3.63) is 82.8 Å². The van der Waals surface area contributed by atoms with E-state index in [2.05, 4.69) is 16.5 Å². The van der Waals surface area contributed by atoms with Gasteiger partial charge in [0, 0.05) is 31.9 Å². The number of aryl methyl sites for hydroxylation is 1. The number of carbonyl (C=O) groups excluding carboxylic acids is 2. The third-order valence-corrected chi connectivity index (χ3v) is 9.47. The molecular formula is C33H31F2N5O6S. The number of amides is 1. The number of sulfone groups is 1. The number of para-hydroxylation sites is 1. The molecule has 0 radical (unpaired) electrons. The van der Waals surface area contributed by atoms with E-state index in [0.717, 1.165) is 23.0 Å². The molecule has 1 saturated heterocycles. The number of aromatic nitrogens is 3. The summed E-state index contributed by atoms with van der Waals surface area (Å²) < 4.78 is 64.1. The first-order valence-electron chi connectivity index (χ1n) is 14.9. The molecular weight excluding hydrogens is 632 g/mol. The lowest BCUT2D eigenvalue weighted by Gasteiger charge is -2.40. The maximum atomic E-state index is 16.3. The number of anilines is 1. The van der Waals surface area contributed by atoms with Crippen molar-refractivity contribution in [1.82, 2.24) is 19.4 Å². The fraction of sp³-hybridized carbons (Fsp3) is 0.303. The SMILES string of the molecule is C=CC(=O)N1CCN(c2nc(=O)n(-c3c(C)cccc3S(C)(=O)=O)c3nc(-c4c(F)cccc4OC(=O)C4CC4)c(F)cc23)[C@@H](C)C1. The highest BCUT2D eigenvalue weighted by Gasteiger charge is 2.34. The first-order chi connectivity index (χ1) is 22.3. The van der Waals surface area contributed by atoms with Crippen LogP contribution in [0.2, 0.25) is 0 Å². The Hall–Kier alpha value is -4.98. The number of rotatable bonds is 7. The highest BCUT2D eigenvalue weighted by Crippen LogP contribution is 2.39. The zero-order valence-corrected chi connectivity index (χ0v) is 26.7. The number of esters is 1. The number of ether oxygens (including phenoxy) is 1. The van der Waals surface area contributed by atoms with Gasteiger partial charge in [0.05, 0.1) is 27.5 Å². The molecule has 3 heterocycles. The summed E-state index contributed by atoms with van der Waals surface area (Å²) in [4.78, 5) is 50.8. The van der Waals surface area contributed by atoms with Crippen molar-refractivity contribution in [2.75, 3.05) is 30.8 Å². The van der Waals surface area contributed by atoms with Crippen LogP contribution < -0.4 is 15.3 Å². The number of halogens is 2. The molecule has 1 atom stereocenters. The van der Waals surface area contributed by atoms with Gasteiger partial charge in [0.2, 0.25) is 5.91 Å². The average molecular weight is 664 g/mol. The van der Waals surface area contributed by atoms with Gasteiger partial charge in [-0.05, 0) is 62.6 Å². The van der Waals surface area contributed by atoms with E-state index in [4.69, 9.17) is 4.74 Å². The Balaban J connectivity index is 1.64. The molecule has 6 rings (SSSR count). The van der Waals surface area contributed by atoms with Crippen LogP contribution in [-0.4, -0.2) is 71.7 Å². The second-order valence-electron chi connectivity index (χ2n) is 11.8. The Morgan fingerprint density at radius 3 is 2.45 bits per heavy atom. The molecule has 4 aromatic rings. The van der Waals surface area contributed by atoms with Crippen molar-refractivity contribution in [3.8, 4) is 22.7 Å². The number of carbonyl (C=O) groups is 2. The molecule has 2 aliphatic rings. The zero-order valence-electron chi connectivity index (χ0n) is 25.9. The van der Waals surface area contributed by atoms with Crippen LogP contribution in [0.15, 0.2) is 64.8 Å². The first kappa shape index (κ1) is 32.0. The van der Waals surface area contributed by atoms with E-state index in [1.54, 1.807) is 22.8 Å². The van der Waals surface area contributed by atoms with Gasteiger partial charge >= 0.3 is 11.7 Å². The Labute approximate surface area is 269 Å². The third-order valence-electron chi connectivity index (χ3n) is 8.34. The molecule has 47 heavy (non-hydrogen) atoms. The largest absolute Gasteiger partial charge is 0.425 e. The number of piperazine rings is 1. The van der Waals surface area contributed by atoms with Crippen LogP contribution in [0.5, 0.6) is 5.75 Å². The minimum atomic E-state index is -3.91. The summed E-state index contributed by atoms with van der Waals surface area (Å²) in [5, 5.41) is 0.0387. The molecule has 1 amide bonds. The van der Waals surface area contributed by atoms with Gasteiger partial charge in [0.15, 0.2) is 21.3 Å². The number of benzene rings is 2. The maximum Gasteiger partial charge on any atom is 0.355 e. The maximum absolute atomic E-state index is 16.3. The van der Waals surface area contributed by atoms with E-state index >= 15 is 8.78 Å². The molecule has 0 bridgehead atoms. The van der Waals surface area contributed by atoms with Crippen LogP contribution in [-0.2, 0) is 19.4 Å². The van der Waals surface area contributed by atoms with E-state index in [9.17, 15) is 22.8 Å². The van der Waals surface area contributed by atoms with Gasteiger partial charge in [-0.1, -0.05) is 24.8 Å². The number of fused-ring (bicyclic) bond motifs is 1. The number of nitrogens with zero attached hydrogens (tertiary/aromatic N) is 5. The molecule has 0 N–H and O–H groups in total. The van der Waals surface area contributed by atoms with Gasteiger partial charge in [-0.15, -0.1) is 0 Å². The van der Waals surface area contributed by atoms with Crippen LogP contribution in [0.4, 0.5) is 14.6 Å². The van der Waals surface area contributed by atoms with Gasteiger partial charge in [-0.2, -0.15) is 4.98 Å². The molecule has 2 fully saturated rings. The van der Waals surface area contributed by atoms with Crippen molar-refractivity contribution in [2.45, 2.75) is 37.6 Å². The van der Waals surface area contributed by atoms with Crippen LogP contribution in [0, 0.1) is 24.5 Å². The quantitative estimate of drug-likeness (QED) is 0.164. The van der Waals surface area contributed by atoms with Gasteiger partial charge in [-0.25, -0.2) is 31.5 Å². The smallest absolute Gasteiger partial charge is 0.355 e. The lowest BCUT2D eigenvalue weighted by molar-refractivity contribution is -0.135. The fourth-order valence-corrected chi connectivity index (χ4v) is 6.78. The Bertz CT molecular complexity index is 2150. The Morgan fingerprint density at radius 2 is 1.79 bits per heavy atom. The minimum Gasteiger partial charge on any atom is -0.425 e. The topological polar surface area (TPSA) is 132 Å². The van der Waals surface area contributed by atoms with E-state index in [0.29, 0.717) is 18.4 Å². The molecule has 2 aromatic carbocycles. The van der Waals surface area contributed by atoms with Crippen molar-refractivity contribution in [2.24, 2.45) is 5.92 Å². The molecule has 11 nitrogen and oxygen atoms in total.